The minimum absolute atomic E-state index is 0.200. The number of hydrogen-bond donors (Lipinski definition) is 2. The third-order valence-corrected chi connectivity index (χ3v) is 3.99. The average Bonchev–Trinajstić information content (AvgIpc) is 3.01. The van der Waals surface area contributed by atoms with Gasteiger partial charge in [0, 0.05) is 23.7 Å². The van der Waals surface area contributed by atoms with E-state index in [4.69, 9.17) is 4.52 Å². The molecule has 1 saturated carbocycles. The van der Waals surface area contributed by atoms with Crippen molar-refractivity contribution in [3.05, 3.63) is 29.3 Å². The van der Waals surface area contributed by atoms with Gasteiger partial charge in [0.25, 0.3) is 5.91 Å². The van der Waals surface area contributed by atoms with E-state index in [2.05, 4.69) is 20.7 Å². The predicted octanol–water partition coefficient (Wildman–Crippen LogP) is 3.40. The lowest BCUT2D eigenvalue weighted by molar-refractivity contribution is 0.0987. The molecule has 0 unspecified atom stereocenters. The van der Waals surface area contributed by atoms with E-state index in [1.807, 2.05) is 6.07 Å². The highest BCUT2D eigenvalue weighted by Crippen LogP contribution is 2.31. The molecular weight excluding hydrogens is 268 g/mol. The van der Waals surface area contributed by atoms with Crippen LogP contribution >= 0.6 is 0 Å². The van der Waals surface area contributed by atoms with Gasteiger partial charge in [-0.25, -0.2) is 0 Å². The van der Waals surface area contributed by atoms with Crippen LogP contribution in [0.4, 0.5) is 5.82 Å². The summed E-state index contributed by atoms with van der Waals surface area (Å²) >= 11 is 0. The van der Waals surface area contributed by atoms with E-state index >= 15 is 0 Å². The molecule has 1 fully saturated rings. The van der Waals surface area contributed by atoms with Crippen LogP contribution in [0.15, 0.2) is 16.7 Å². The summed E-state index contributed by atoms with van der Waals surface area (Å²) in [6.45, 7) is 1.78. The van der Waals surface area contributed by atoms with Crippen LogP contribution in [0.3, 0.4) is 0 Å². The Hall–Kier alpha value is -2.11. The highest BCUT2D eigenvalue weighted by molar-refractivity contribution is 6.01. The summed E-state index contributed by atoms with van der Waals surface area (Å²) in [7, 11) is 0. The molecule has 1 aliphatic carbocycles. The summed E-state index contributed by atoms with van der Waals surface area (Å²) in [5.41, 5.74) is 1.79. The van der Waals surface area contributed by atoms with Crippen molar-refractivity contribution in [2.75, 3.05) is 5.32 Å². The first kappa shape index (κ1) is 13.9. The van der Waals surface area contributed by atoms with E-state index in [1.165, 1.54) is 38.5 Å². The molecule has 0 radical (unpaired) electrons. The summed E-state index contributed by atoms with van der Waals surface area (Å²) in [5.74, 6) is 0.938. The van der Waals surface area contributed by atoms with Gasteiger partial charge in [0.2, 0.25) is 5.76 Å². The summed E-state index contributed by atoms with van der Waals surface area (Å²) in [4.78, 5) is 12.0. The van der Waals surface area contributed by atoms with Crippen LogP contribution in [0.2, 0.25) is 0 Å². The Kier molecular flexibility index (Phi) is 4.03. The third kappa shape index (κ3) is 3.32. The van der Waals surface area contributed by atoms with E-state index in [-0.39, 0.29) is 11.7 Å². The molecule has 2 N–H and O–H groups in total. The second-order valence-electron chi connectivity index (χ2n) is 5.68. The molecule has 112 valence electrons. The van der Waals surface area contributed by atoms with Gasteiger partial charge in [0.15, 0.2) is 5.82 Å². The van der Waals surface area contributed by atoms with E-state index in [9.17, 15) is 4.79 Å². The lowest BCUT2D eigenvalue weighted by Gasteiger charge is -2.10. The SMILES string of the molecule is Cc1cc(C(=O)Nc2cc(C3CCCCCC3)[nH]n2)on1. The highest BCUT2D eigenvalue weighted by atomic mass is 16.5. The van der Waals surface area contributed by atoms with Crippen LogP contribution in [-0.4, -0.2) is 21.3 Å². The largest absolute Gasteiger partial charge is 0.351 e. The fourth-order valence-electron chi connectivity index (χ4n) is 2.85. The van der Waals surface area contributed by atoms with Gasteiger partial charge in [-0.1, -0.05) is 30.8 Å². The van der Waals surface area contributed by atoms with Crippen LogP contribution in [-0.2, 0) is 0 Å². The fourth-order valence-corrected chi connectivity index (χ4v) is 2.85. The van der Waals surface area contributed by atoms with Crippen LogP contribution in [0.25, 0.3) is 0 Å². The number of amides is 1. The van der Waals surface area contributed by atoms with Crippen LogP contribution < -0.4 is 5.32 Å². The zero-order chi connectivity index (χ0) is 14.7. The molecule has 0 spiro atoms. The zero-order valence-electron chi connectivity index (χ0n) is 12.2. The molecule has 0 atom stereocenters. The number of carbonyl (C=O) groups excluding carboxylic acids is 1. The van der Waals surface area contributed by atoms with Crippen molar-refractivity contribution in [1.82, 2.24) is 15.4 Å². The van der Waals surface area contributed by atoms with Crippen molar-refractivity contribution in [3.8, 4) is 0 Å². The third-order valence-electron chi connectivity index (χ3n) is 3.99. The molecule has 6 heteroatoms. The van der Waals surface area contributed by atoms with Gasteiger partial charge in [0.1, 0.15) is 0 Å². The minimum Gasteiger partial charge on any atom is -0.351 e. The van der Waals surface area contributed by atoms with Gasteiger partial charge in [-0.15, -0.1) is 0 Å². The molecular formula is C15H20N4O2. The van der Waals surface area contributed by atoms with Crippen LogP contribution in [0.1, 0.15) is 66.4 Å². The van der Waals surface area contributed by atoms with E-state index in [0.717, 1.165) is 5.69 Å². The number of aryl methyl sites for hydroxylation is 1. The second-order valence-corrected chi connectivity index (χ2v) is 5.68. The fraction of sp³-hybridized carbons (Fsp3) is 0.533. The second kappa shape index (κ2) is 6.11. The number of nitrogens with one attached hydrogen (secondary N) is 2. The number of nitrogens with zero attached hydrogens (tertiary/aromatic N) is 2. The Morgan fingerprint density at radius 3 is 2.71 bits per heavy atom. The molecule has 21 heavy (non-hydrogen) atoms. The number of aromatic amines is 1. The van der Waals surface area contributed by atoms with Crippen LogP contribution in [0.5, 0.6) is 0 Å². The molecule has 2 aromatic heterocycles. The number of hydrogen-bond acceptors (Lipinski definition) is 4. The topological polar surface area (TPSA) is 83.8 Å². The summed E-state index contributed by atoms with van der Waals surface area (Å²) in [6.07, 6.45) is 7.55. The minimum atomic E-state index is -0.325. The maximum absolute atomic E-state index is 12.0. The number of anilines is 1. The molecule has 0 saturated heterocycles. The first-order chi connectivity index (χ1) is 10.2. The molecule has 6 nitrogen and oxygen atoms in total. The molecule has 0 aromatic carbocycles. The first-order valence-electron chi connectivity index (χ1n) is 7.52. The predicted molar refractivity (Wildman–Crippen MR) is 78.2 cm³/mol. The number of H-pyrrole nitrogens is 1. The molecule has 2 heterocycles. The van der Waals surface area contributed by atoms with Gasteiger partial charge in [-0.05, 0) is 19.8 Å². The average molecular weight is 288 g/mol. The lowest BCUT2D eigenvalue weighted by atomic mass is 9.97. The highest BCUT2D eigenvalue weighted by Gasteiger charge is 2.18. The molecule has 0 bridgehead atoms. The summed E-state index contributed by atoms with van der Waals surface area (Å²) in [6, 6.07) is 3.53. The number of aromatic nitrogens is 3. The number of rotatable bonds is 3. The number of carbonyl (C=O) groups is 1. The Morgan fingerprint density at radius 1 is 1.29 bits per heavy atom. The quantitative estimate of drug-likeness (QED) is 0.848. The maximum Gasteiger partial charge on any atom is 0.295 e. The Morgan fingerprint density at radius 2 is 2.05 bits per heavy atom. The summed E-state index contributed by atoms with van der Waals surface area (Å²) < 4.78 is 4.94. The van der Waals surface area contributed by atoms with E-state index in [1.54, 1.807) is 13.0 Å². The zero-order valence-corrected chi connectivity index (χ0v) is 12.2. The van der Waals surface area contributed by atoms with Crippen LogP contribution in [0, 0.1) is 6.92 Å². The van der Waals surface area contributed by atoms with Crippen molar-refractivity contribution in [1.29, 1.82) is 0 Å². The standard InChI is InChI=1S/C15H20N4O2/c1-10-8-13(21-19-10)15(20)16-14-9-12(17-18-14)11-6-4-2-3-5-7-11/h8-9,11H,2-7H2,1H3,(H2,16,17,18,20). The lowest BCUT2D eigenvalue weighted by Crippen LogP contribution is -2.11. The molecule has 1 aliphatic rings. The van der Waals surface area contributed by atoms with E-state index in [0.29, 0.717) is 17.4 Å². The summed E-state index contributed by atoms with van der Waals surface area (Å²) in [5, 5.41) is 13.7. The van der Waals surface area contributed by atoms with Crippen molar-refractivity contribution >= 4 is 11.7 Å². The van der Waals surface area contributed by atoms with Crippen molar-refractivity contribution in [2.24, 2.45) is 0 Å². The normalized spacial score (nSPS) is 16.6. The first-order valence-corrected chi connectivity index (χ1v) is 7.52. The van der Waals surface area contributed by atoms with Gasteiger partial charge < -0.3 is 9.84 Å². The Labute approximate surface area is 123 Å². The molecule has 3 rings (SSSR count). The smallest absolute Gasteiger partial charge is 0.295 e. The monoisotopic (exact) mass is 288 g/mol. The Balaban J connectivity index is 1.65. The van der Waals surface area contributed by atoms with Gasteiger partial charge in [-0.3, -0.25) is 9.89 Å². The van der Waals surface area contributed by atoms with Gasteiger partial charge in [0.05, 0.1) is 5.69 Å². The molecule has 1 amide bonds. The molecule has 2 aromatic rings. The van der Waals surface area contributed by atoms with Gasteiger partial charge in [-0.2, -0.15) is 5.10 Å². The van der Waals surface area contributed by atoms with Crippen molar-refractivity contribution in [2.45, 2.75) is 51.4 Å². The van der Waals surface area contributed by atoms with Crippen molar-refractivity contribution in [3.63, 3.8) is 0 Å². The van der Waals surface area contributed by atoms with E-state index < -0.39 is 0 Å². The molecule has 0 aliphatic heterocycles. The van der Waals surface area contributed by atoms with Gasteiger partial charge >= 0.3 is 0 Å². The van der Waals surface area contributed by atoms with Crippen molar-refractivity contribution < 1.29 is 9.32 Å². The maximum atomic E-state index is 12.0. The Bertz CT molecular complexity index is 609.